The molecule has 2 atom stereocenters. The molecule has 0 fully saturated rings. The number of carbonyl (C=O) groups is 3. The topological polar surface area (TPSA) is 78.9 Å². The van der Waals surface area contributed by atoms with Gasteiger partial charge >= 0.3 is 17.9 Å². The van der Waals surface area contributed by atoms with Crippen molar-refractivity contribution in [2.75, 3.05) is 13.2 Å². The lowest BCUT2D eigenvalue weighted by Gasteiger charge is -2.18. The molecule has 0 N–H and O–H groups in total. The van der Waals surface area contributed by atoms with Gasteiger partial charge in [-0.25, -0.2) is 0 Å². The van der Waals surface area contributed by atoms with E-state index in [1.165, 1.54) is 193 Å². The molecule has 0 rings (SSSR count). The highest BCUT2D eigenvalue weighted by molar-refractivity contribution is 5.71. The largest absolute Gasteiger partial charge is 0.462 e. The molecule has 0 aliphatic heterocycles. The van der Waals surface area contributed by atoms with E-state index in [4.69, 9.17) is 14.2 Å². The van der Waals surface area contributed by atoms with Crippen molar-refractivity contribution >= 4 is 17.9 Å². The quantitative estimate of drug-likeness (QED) is 0.0344. The van der Waals surface area contributed by atoms with Gasteiger partial charge in [0, 0.05) is 19.3 Å². The molecule has 0 aliphatic rings. The minimum atomic E-state index is -0.762. The minimum Gasteiger partial charge on any atom is -0.462 e. The second-order valence-corrected chi connectivity index (χ2v) is 19.6. The van der Waals surface area contributed by atoms with Gasteiger partial charge in [0.1, 0.15) is 13.2 Å². The molecule has 0 heterocycles. The molecule has 0 amide bonds. The van der Waals surface area contributed by atoms with Crippen LogP contribution in [0, 0.1) is 11.8 Å². The van der Waals surface area contributed by atoms with Gasteiger partial charge in [0.05, 0.1) is 0 Å². The number of unbranched alkanes of at least 4 members (excludes halogenated alkanes) is 33. The summed E-state index contributed by atoms with van der Waals surface area (Å²) in [7, 11) is 0. The van der Waals surface area contributed by atoms with E-state index in [1.807, 2.05) is 0 Å². The van der Waals surface area contributed by atoms with Gasteiger partial charge in [0.2, 0.25) is 0 Å². The normalized spacial score (nSPS) is 12.5. The van der Waals surface area contributed by atoms with Gasteiger partial charge in [-0.3, -0.25) is 14.4 Å². The highest BCUT2D eigenvalue weighted by atomic mass is 16.6. The zero-order chi connectivity index (χ0) is 44.7. The summed E-state index contributed by atoms with van der Waals surface area (Å²) < 4.78 is 16.8. The van der Waals surface area contributed by atoms with Gasteiger partial charge in [0.15, 0.2) is 6.10 Å². The Morgan fingerprint density at radius 3 is 0.934 bits per heavy atom. The first-order chi connectivity index (χ1) is 29.8. The summed E-state index contributed by atoms with van der Waals surface area (Å²) in [6.45, 7) is 11.4. The number of carbonyl (C=O) groups excluding carboxylic acids is 3. The first-order valence-electron chi connectivity index (χ1n) is 27.3. The highest BCUT2D eigenvalue weighted by Gasteiger charge is 2.19. The van der Waals surface area contributed by atoms with E-state index >= 15 is 0 Å². The molecule has 0 aromatic rings. The van der Waals surface area contributed by atoms with E-state index in [2.05, 4.69) is 34.6 Å². The van der Waals surface area contributed by atoms with Gasteiger partial charge < -0.3 is 14.2 Å². The molecule has 0 aliphatic carbocycles. The van der Waals surface area contributed by atoms with Gasteiger partial charge in [-0.2, -0.15) is 0 Å². The van der Waals surface area contributed by atoms with Crippen LogP contribution in [0.3, 0.4) is 0 Å². The van der Waals surface area contributed by atoms with Crippen molar-refractivity contribution in [3.05, 3.63) is 0 Å². The third-order valence-corrected chi connectivity index (χ3v) is 12.8. The van der Waals surface area contributed by atoms with Crippen molar-refractivity contribution in [1.29, 1.82) is 0 Å². The summed E-state index contributed by atoms with van der Waals surface area (Å²) in [4.78, 5) is 38.0. The molecule has 0 saturated carbocycles. The van der Waals surface area contributed by atoms with E-state index in [9.17, 15) is 14.4 Å². The zero-order valence-corrected chi connectivity index (χ0v) is 41.8. The van der Waals surface area contributed by atoms with E-state index in [-0.39, 0.29) is 31.1 Å². The maximum Gasteiger partial charge on any atom is 0.306 e. The molecule has 6 heteroatoms. The van der Waals surface area contributed by atoms with Gasteiger partial charge in [-0.1, -0.05) is 266 Å². The van der Waals surface area contributed by atoms with Crippen molar-refractivity contribution in [2.45, 2.75) is 310 Å². The van der Waals surface area contributed by atoms with Crippen LogP contribution >= 0.6 is 0 Å². The second kappa shape index (κ2) is 47.9. The van der Waals surface area contributed by atoms with Crippen LogP contribution in [0.2, 0.25) is 0 Å². The number of hydrogen-bond acceptors (Lipinski definition) is 6. The number of ether oxygens (including phenoxy) is 3. The van der Waals surface area contributed by atoms with Crippen molar-refractivity contribution in [1.82, 2.24) is 0 Å². The lowest BCUT2D eigenvalue weighted by molar-refractivity contribution is -0.167. The Labute approximate surface area is 380 Å². The second-order valence-electron chi connectivity index (χ2n) is 19.6. The van der Waals surface area contributed by atoms with E-state index in [0.29, 0.717) is 19.3 Å². The number of rotatable bonds is 49. The van der Waals surface area contributed by atoms with Gasteiger partial charge in [0.25, 0.3) is 0 Å². The third-order valence-electron chi connectivity index (χ3n) is 12.8. The Morgan fingerprint density at radius 2 is 0.623 bits per heavy atom. The van der Waals surface area contributed by atoms with E-state index in [1.54, 1.807) is 0 Å². The molecule has 362 valence electrons. The Kier molecular flexibility index (Phi) is 46.6. The van der Waals surface area contributed by atoms with Crippen LogP contribution < -0.4 is 0 Å². The Hall–Kier alpha value is -1.59. The van der Waals surface area contributed by atoms with Crippen LogP contribution in [0.4, 0.5) is 0 Å². The average Bonchev–Trinajstić information content (AvgIpc) is 3.24. The number of hydrogen-bond donors (Lipinski definition) is 0. The standard InChI is InChI=1S/C55H106O6/c1-6-8-9-10-11-12-13-14-16-20-23-26-29-35-40-45-53(56)59-48-52(61-55(58)47-42-37-32-31-34-39-44-51(5)7-2)49-60-54(57)46-41-36-30-27-24-21-18-15-17-19-22-25-28-33-38-43-50(3)4/h50-52H,6-49H2,1-5H3/t51?,52-/m0/s1. The molecule has 0 radical (unpaired) electrons. The van der Waals surface area contributed by atoms with Crippen LogP contribution in [0.25, 0.3) is 0 Å². The molecular weight excluding hydrogens is 757 g/mol. The molecule has 0 saturated heterocycles. The Balaban J connectivity index is 4.24. The minimum absolute atomic E-state index is 0.0641. The van der Waals surface area contributed by atoms with Crippen molar-refractivity contribution in [2.24, 2.45) is 11.8 Å². The van der Waals surface area contributed by atoms with Gasteiger partial charge in [-0.15, -0.1) is 0 Å². The van der Waals surface area contributed by atoms with Gasteiger partial charge in [-0.05, 0) is 31.1 Å². The zero-order valence-electron chi connectivity index (χ0n) is 41.8. The highest BCUT2D eigenvalue weighted by Crippen LogP contribution is 2.18. The molecule has 1 unspecified atom stereocenters. The predicted molar refractivity (Wildman–Crippen MR) is 261 cm³/mol. The van der Waals surface area contributed by atoms with Crippen molar-refractivity contribution < 1.29 is 28.6 Å². The molecule has 0 aromatic carbocycles. The molecule has 61 heavy (non-hydrogen) atoms. The Morgan fingerprint density at radius 1 is 0.344 bits per heavy atom. The van der Waals surface area contributed by atoms with Crippen LogP contribution in [-0.2, 0) is 28.6 Å². The molecular formula is C55H106O6. The fourth-order valence-electron chi connectivity index (χ4n) is 8.31. The summed E-state index contributed by atoms with van der Waals surface area (Å²) in [5, 5.41) is 0. The monoisotopic (exact) mass is 863 g/mol. The SMILES string of the molecule is CCCCCCCCCCCCCCCCCC(=O)OC[C@@H](COC(=O)CCCCCCCCCCCCCCCCCC(C)C)OC(=O)CCCCCCCCC(C)CC. The maximum absolute atomic E-state index is 12.8. The average molecular weight is 863 g/mol. The Bertz CT molecular complexity index is 933. The van der Waals surface area contributed by atoms with Crippen LogP contribution in [-0.4, -0.2) is 37.2 Å². The van der Waals surface area contributed by atoms with Crippen LogP contribution in [0.15, 0.2) is 0 Å². The molecule has 0 aromatic heterocycles. The molecule has 6 nitrogen and oxygen atoms in total. The summed E-state index contributed by atoms with van der Waals surface area (Å²) in [6.07, 6.45) is 49.5. The van der Waals surface area contributed by atoms with Crippen molar-refractivity contribution in [3.8, 4) is 0 Å². The first-order valence-corrected chi connectivity index (χ1v) is 27.3. The summed E-state index contributed by atoms with van der Waals surface area (Å²) >= 11 is 0. The molecule has 0 bridgehead atoms. The van der Waals surface area contributed by atoms with E-state index in [0.717, 1.165) is 69.6 Å². The third kappa shape index (κ3) is 47.7. The molecule has 0 spiro atoms. The predicted octanol–water partition coefficient (Wildman–Crippen LogP) is 17.7. The number of esters is 3. The van der Waals surface area contributed by atoms with E-state index < -0.39 is 6.10 Å². The van der Waals surface area contributed by atoms with Crippen LogP contribution in [0.5, 0.6) is 0 Å². The van der Waals surface area contributed by atoms with Crippen molar-refractivity contribution in [3.63, 3.8) is 0 Å². The summed E-state index contributed by atoms with van der Waals surface area (Å²) in [6, 6.07) is 0. The summed E-state index contributed by atoms with van der Waals surface area (Å²) in [5.41, 5.74) is 0. The lowest BCUT2D eigenvalue weighted by Crippen LogP contribution is -2.30. The summed E-state index contributed by atoms with van der Waals surface area (Å²) in [5.74, 6) is 0.811. The smallest absolute Gasteiger partial charge is 0.306 e. The van der Waals surface area contributed by atoms with Crippen LogP contribution in [0.1, 0.15) is 304 Å². The maximum atomic E-state index is 12.8. The fraction of sp³-hybridized carbons (Fsp3) is 0.945. The first kappa shape index (κ1) is 59.4. The fourth-order valence-corrected chi connectivity index (χ4v) is 8.31. The lowest BCUT2D eigenvalue weighted by atomic mass is 10.00.